The molecule has 18 heteroatoms. The van der Waals surface area contributed by atoms with Crippen molar-refractivity contribution in [3.63, 3.8) is 0 Å². The number of carboxylic acid groups (broad SMARTS) is 3. The smallest absolute Gasteiger partial charge is 0.317 e. The number of hydrogen-bond donors (Lipinski definition) is 4. The minimum Gasteiger partial charge on any atom is -0.480 e. The van der Waals surface area contributed by atoms with Crippen LogP contribution in [-0.2, 0) is 38.6 Å². The number of likely N-dealkylation sites (tertiary alicyclic amines) is 1. The number of ketones is 2. The van der Waals surface area contributed by atoms with E-state index in [1.807, 2.05) is 18.2 Å². The molecular formula is C39H55N5O12S. The number of carboxylic acids is 3. The summed E-state index contributed by atoms with van der Waals surface area (Å²) < 4.78 is 31.8. The molecule has 1 aliphatic heterocycles. The number of hydrogen-bond acceptors (Lipinski definition) is 13. The van der Waals surface area contributed by atoms with Crippen molar-refractivity contribution in [3.05, 3.63) is 54.6 Å². The van der Waals surface area contributed by atoms with E-state index < -0.39 is 57.4 Å². The van der Waals surface area contributed by atoms with Gasteiger partial charge in [0.05, 0.1) is 37.1 Å². The van der Waals surface area contributed by atoms with Gasteiger partial charge >= 0.3 is 17.9 Å². The zero-order valence-electron chi connectivity index (χ0n) is 32.6. The van der Waals surface area contributed by atoms with E-state index in [-0.39, 0.29) is 75.1 Å². The molecule has 2 aromatic carbocycles. The Kier molecular flexibility index (Phi) is 18.2. The Morgan fingerprint density at radius 1 is 0.754 bits per heavy atom. The zero-order chi connectivity index (χ0) is 42.2. The summed E-state index contributed by atoms with van der Waals surface area (Å²) in [7, 11) is -2.38. The van der Waals surface area contributed by atoms with Crippen molar-refractivity contribution < 1.29 is 57.2 Å². The van der Waals surface area contributed by atoms with Crippen molar-refractivity contribution in [2.24, 2.45) is 5.73 Å². The van der Waals surface area contributed by atoms with E-state index in [1.165, 1.54) is 45.9 Å². The number of rotatable bonds is 26. The van der Waals surface area contributed by atoms with Crippen LogP contribution < -0.4 is 10.5 Å². The molecule has 0 unspecified atom stereocenters. The number of Topliss-reactive ketones (excluding diaryl/α,β-unsaturated/α-hetero) is 2. The normalized spacial score (nSPS) is 14.7. The van der Waals surface area contributed by atoms with Crippen LogP contribution in [0.15, 0.2) is 59.5 Å². The average molecular weight is 818 g/mol. The first-order valence-corrected chi connectivity index (χ1v) is 20.3. The van der Waals surface area contributed by atoms with Crippen LogP contribution in [0, 0.1) is 0 Å². The number of carbonyl (C=O) groups excluding carboxylic acids is 3. The van der Waals surface area contributed by atoms with Crippen LogP contribution in [0.5, 0.6) is 11.5 Å². The second-order valence-electron chi connectivity index (χ2n) is 14.4. The third kappa shape index (κ3) is 14.6. The third-order valence-corrected chi connectivity index (χ3v) is 12.6. The van der Waals surface area contributed by atoms with Gasteiger partial charge in [-0.25, -0.2) is 8.42 Å². The number of benzene rings is 2. The predicted molar refractivity (Wildman–Crippen MR) is 209 cm³/mol. The number of nitrogens with zero attached hydrogens (tertiary/aromatic N) is 4. The van der Waals surface area contributed by atoms with Crippen LogP contribution >= 0.6 is 0 Å². The van der Waals surface area contributed by atoms with E-state index in [2.05, 4.69) is 0 Å². The number of aliphatic carboxylic acids is 3. The molecule has 314 valence electrons. The summed E-state index contributed by atoms with van der Waals surface area (Å²) in [6.07, 6.45) is 2.05. The number of ether oxygens (including phenoxy) is 1. The van der Waals surface area contributed by atoms with Gasteiger partial charge in [-0.15, -0.1) is 0 Å². The lowest BCUT2D eigenvalue weighted by Gasteiger charge is -2.40. The Labute approximate surface area is 333 Å². The predicted octanol–water partition coefficient (Wildman–Crippen LogP) is 1.84. The maximum atomic E-state index is 13.9. The van der Waals surface area contributed by atoms with E-state index in [4.69, 9.17) is 20.7 Å². The summed E-state index contributed by atoms with van der Waals surface area (Å²) >= 11 is 0. The molecule has 57 heavy (non-hydrogen) atoms. The van der Waals surface area contributed by atoms with Gasteiger partial charge in [0.25, 0.3) is 0 Å². The van der Waals surface area contributed by atoms with Crippen LogP contribution in [0.3, 0.4) is 0 Å². The summed E-state index contributed by atoms with van der Waals surface area (Å²) in [6, 6.07) is 14.1. The third-order valence-electron chi connectivity index (χ3n) is 10.0. The first kappa shape index (κ1) is 46.6. The van der Waals surface area contributed by atoms with E-state index in [0.717, 1.165) is 0 Å². The topological polar surface area (TPSA) is 245 Å². The van der Waals surface area contributed by atoms with Gasteiger partial charge in [0.15, 0.2) is 15.6 Å². The Morgan fingerprint density at radius 3 is 1.77 bits per heavy atom. The van der Waals surface area contributed by atoms with E-state index in [0.29, 0.717) is 50.3 Å². The Morgan fingerprint density at radius 2 is 1.26 bits per heavy atom. The van der Waals surface area contributed by atoms with Crippen molar-refractivity contribution in [1.29, 1.82) is 0 Å². The minimum atomic E-state index is -4.11. The van der Waals surface area contributed by atoms with Crippen molar-refractivity contribution in [1.82, 2.24) is 19.6 Å². The van der Waals surface area contributed by atoms with Crippen molar-refractivity contribution in [2.75, 3.05) is 72.5 Å². The monoisotopic (exact) mass is 817 g/mol. The number of para-hydroxylation sites is 1. The van der Waals surface area contributed by atoms with Gasteiger partial charge in [-0.05, 0) is 76.1 Å². The van der Waals surface area contributed by atoms with Crippen LogP contribution in [0.25, 0.3) is 0 Å². The molecule has 3 rings (SSSR count). The number of unbranched alkanes of at least 4 members (excludes halogenated alkanes) is 2. The zero-order valence-corrected chi connectivity index (χ0v) is 33.4. The number of sulfone groups is 1. The van der Waals surface area contributed by atoms with Crippen molar-refractivity contribution in [2.45, 2.75) is 67.6 Å². The van der Waals surface area contributed by atoms with E-state index in [1.54, 1.807) is 24.1 Å². The van der Waals surface area contributed by atoms with Crippen LogP contribution in [-0.4, -0.2) is 162 Å². The molecule has 0 spiro atoms. The van der Waals surface area contributed by atoms with Crippen LogP contribution in [0.1, 0.15) is 51.9 Å². The fourth-order valence-corrected chi connectivity index (χ4v) is 8.77. The van der Waals surface area contributed by atoms with Crippen molar-refractivity contribution >= 4 is 45.2 Å². The molecule has 0 aliphatic carbocycles. The molecule has 1 fully saturated rings. The fourth-order valence-electron chi connectivity index (χ4n) is 6.72. The van der Waals surface area contributed by atoms with Crippen LogP contribution in [0.2, 0.25) is 0 Å². The van der Waals surface area contributed by atoms with Gasteiger partial charge in [-0.1, -0.05) is 31.0 Å². The summed E-state index contributed by atoms with van der Waals surface area (Å²) in [4.78, 5) is 78.5. The molecule has 1 atom stereocenters. The Balaban J connectivity index is 1.42. The Bertz CT molecular complexity index is 1770. The number of piperidine rings is 1. The molecule has 1 aliphatic rings. The van der Waals surface area contributed by atoms with Gasteiger partial charge in [0.2, 0.25) is 5.91 Å². The van der Waals surface area contributed by atoms with Crippen LogP contribution in [0.4, 0.5) is 0 Å². The molecular weight excluding hydrogens is 763 g/mol. The molecule has 1 heterocycles. The summed E-state index contributed by atoms with van der Waals surface area (Å²) in [5, 5.41) is 27.4. The summed E-state index contributed by atoms with van der Waals surface area (Å²) in [6.45, 7) is 1.18. The quantitative estimate of drug-likeness (QED) is 0.0990. The number of nitrogens with two attached hydrogens (primary N) is 1. The maximum absolute atomic E-state index is 13.9. The van der Waals surface area contributed by atoms with Gasteiger partial charge in [-0.3, -0.25) is 38.6 Å². The van der Waals surface area contributed by atoms with Crippen molar-refractivity contribution in [3.8, 4) is 11.5 Å². The molecule has 5 N–H and O–H groups in total. The molecule has 0 bridgehead atoms. The maximum Gasteiger partial charge on any atom is 0.317 e. The first-order valence-electron chi connectivity index (χ1n) is 18.9. The molecule has 0 radical (unpaired) electrons. The minimum absolute atomic E-state index is 0.00971. The lowest BCUT2D eigenvalue weighted by atomic mass is 9.91. The molecule has 2 aromatic rings. The lowest BCUT2D eigenvalue weighted by molar-refractivity contribution is -0.142. The highest BCUT2D eigenvalue weighted by molar-refractivity contribution is 7.93. The van der Waals surface area contributed by atoms with Gasteiger partial charge in [-0.2, -0.15) is 0 Å². The second kappa shape index (κ2) is 22.3. The molecule has 0 saturated carbocycles. The number of likely N-dealkylation sites (N-methyl/N-ethyl adjacent to an activating group) is 1. The van der Waals surface area contributed by atoms with E-state index in [9.17, 15) is 42.3 Å². The molecule has 1 amide bonds. The van der Waals surface area contributed by atoms with E-state index >= 15 is 0 Å². The summed E-state index contributed by atoms with van der Waals surface area (Å²) in [5.41, 5.74) is 6.24. The lowest BCUT2D eigenvalue weighted by Crippen LogP contribution is -2.56. The Hall–Kier alpha value is -4.75. The van der Waals surface area contributed by atoms with Gasteiger partial charge in [0.1, 0.15) is 22.0 Å². The SMILES string of the molecule is CC(=O)C1(S(=O)(=O)c2ccc(Oc3ccccc3)cc2)CCN(C(=O)[C@@H](N)CCCCCC(=O)CN(CCN(C)CCN(CC(=O)O)CC(=O)O)CC(=O)O)CC1. The number of carbonyl (C=O) groups is 6. The van der Waals surface area contributed by atoms with Gasteiger partial charge < -0.3 is 35.6 Å². The summed E-state index contributed by atoms with van der Waals surface area (Å²) in [5.74, 6) is -3.35. The number of amides is 1. The first-order chi connectivity index (χ1) is 26.9. The highest BCUT2D eigenvalue weighted by atomic mass is 32.2. The average Bonchev–Trinajstić information content (AvgIpc) is 3.15. The standard InChI is InChI=1S/C39H55N5O12S/c1-29(45)39(57(54,55)33-15-13-32(14-16-33)56-31-10-6-4-7-11-31)17-19-44(20-18-39)38(53)34(40)12-8-3-5-9-30(46)25-42(26-35(47)48)23-21-41(2)22-24-43(27-36(49)50)28-37(51)52/h4,6-7,10-11,13-16,34H,3,5,8-9,12,17-28,40H2,1-2H3,(H,47,48)(H,49,50)(H,51,52)/t34-/m0/s1. The fraction of sp³-hybridized carbons (Fsp3) is 0.538. The highest BCUT2D eigenvalue weighted by Crippen LogP contribution is 2.37. The highest BCUT2D eigenvalue weighted by Gasteiger charge is 2.51. The largest absolute Gasteiger partial charge is 0.480 e. The molecule has 17 nitrogen and oxygen atoms in total. The molecule has 1 saturated heterocycles. The second-order valence-corrected chi connectivity index (χ2v) is 16.7. The molecule has 0 aromatic heterocycles. The van der Waals surface area contributed by atoms with Gasteiger partial charge in [0, 0.05) is 45.7 Å².